The third-order valence-corrected chi connectivity index (χ3v) is 1.71. The molecule has 0 bridgehead atoms. The molecule has 1 aliphatic rings. The second-order valence-corrected chi connectivity index (χ2v) is 2.58. The molecule has 5 nitrogen and oxygen atoms in total. The molecule has 0 aromatic heterocycles. The number of carbonyl (C=O) groups is 2. The molecule has 1 heterocycles. The molecule has 0 atom stereocenters. The van der Waals surface area contributed by atoms with E-state index < -0.39 is 0 Å². The molecule has 0 radical (unpaired) electrons. The fraction of sp³-hybridized carbons (Fsp3) is 0.714. The molecule has 68 valence electrons. The minimum atomic E-state index is -0.316. The monoisotopic (exact) mass is 172 g/mol. The van der Waals surface area contributed by atoms with Gasteiger partial charge in [0.2, 0.25) is 5.91 Å². The van der Waals surface area contributed by atoms with Gasteiger partial charge in [-0.05, 0) is 0 Å². The number of amides is 3. The summed E-state index contributed by atoms with van der Waals surface area (Å²) in [7, 11) is 1.58. The zero-order chi connectivity index (χ0) is 8.97. The molecule has 1 N–H and O–H groups in total. The SMILES string of the molecule is COCCN1CCC(=O)NC1=O. The van der Waals surface area contributed by atoms with Gasteiger partial charge in [-0.15, -0.1) is 0 Å². The van der Waals surface area contributed by atoms with Gasteiger partial charge in [-0.2, -0.15) is 0 Å². The van der Waals surface area contributed by atoms with Crippen LogP contribution < -0.4 is 5.32 Å². The average molecular weight is 172 g/mol. The summed E-state index contributed by atoms with van der Waals surface area (Å²) in [5.41, 5.74) is 0. The lowest BCUT2D eigenvalue weighted by Crippen LogP contribution is -2.50. The van der Waals surface area contributed by atoms with E-state index in [9.17, 15) is 9.59 Å². The average Bonchev–Trinajstić information content (AvgIpc) is 2.03. The van der Waals surface area contributed by atoms with Crippen molar-refractivity contribution in [2.45, 2.75) is 6.42 Å². The number of hydrogen-bond donors (Lipinski definition) is 1. The number of urea groups is 1. The zero-order valence-electron chi connectivity index (χ0n) is 7.00. The lowest BCUT2D eigenvalue weighted by Gasteiger charge is -2.25. The quantitative estimate of drug-likeness (QED) is 0.628. The van der Waals surface area contributed by atoms with E-state index in [0.29, 0.717) is 26.1 Å². The number of rotatable bonds is 3. The van der Waals surface area contributed by atoms with E-state index >= 15 is 0 Å². The van der Waals surface area contributed by atoms with Crippen LogP contribution in [0, 0.1) is 0 Å². The van der Waals surface area contributed by atoms with Crippen molar-refractivity contribution >= 4 is 11.9 Å². The largest absolute Gasteiger partial charge is 0.383 e. The summed E-state index contributed by atoms with van der Waals surface area (Å²) in [5.74, 6) is -0.200. The molecule has 12 heavy (non-hydrogen) atoms. The molecule has 0 aromatic rings. The van der Waals surface area contributed by atoms with Gasteiger partial charge < -0.3 is 9.64 Å². The van der Waals surface area contributed by atoms with Gasteiger partial charge in [0.25, 0.3) is 0 Å². The molecular weight excluding hydrogens is 160 g/mol. The lowest BCUT2D eigenvalue weighted by atomic mass is 10.3. The molecule has 0 spiro atoms. The number of nitrogens with one attached hydrogen (secondary N) is 1. The van der Waals surface area contributed by atoms with Gasteiger partial charge in [0, 0.05) is 26.6 Å². The summed E-state index contributed by atoms with van der Waals surface area (Å²) >= 11 is 0. The number of nitrogens with zero attached hydrogens (tertiary/aromatic N) is 1. The van der Waals surface area contributed by atoms with E-state index in [1.165, 1.54) is 0 Å². The van der Waals surface area contributed by atoms with Gasteiger partial charge >= 0.3 is 6.03 Å². The second-order valence-electron chi connectivity index (χ2n) is 2.58. The summed E-state index contributed by atoms with van der Waals surface area (Å²) in [6.45, 7) is 1.53. The van der Waals surface area contributed by atoms with Crippen LogP contribution in [0.3, 0.4) is 0 Å². The fourth-order valence-corrected chi connectivity index (χ4v) is 1.01. The van der Waals surface area contributed by atoms with Gasteiger partial charge in [-0.25, -0.2) is 4.79 Å². The number of ether oxygens (including phenoxy) is 1. The van der Waals surface area contributed by atoms with Gasteiger partial charge in [-0.1, -0.05) is 0 Å². The maximum atomic E-state index is 11.0. The Morgan fingerprint density at radius 2 is 2.33 bits per heavy atom. The van der Waals surface area contributed by atoms with Crippen LogP contribution >= 0.6 is 0 Å². The van der Waals surface area contributed by atoms with E-state index in [4.69, 9.17) is 4.74 Å². The Hall–Kier alpha value is -1.10. The van der Waals surface area contributed by atoms with Crippen molar-refractivity contribution in [3.05, 3.63) is 0 Å². The predicted molar refractivity (Wildman–Crippen MR) is 41.6 cm³/mol. The van der Waals surface area contributed by atoms with E-state index in [1.807, 2.05) is 0 Å². The molecular formula is C7H12N2O3. The molecule has 0 aliphatic carbocycles. The first-order valence-electron chi connectivity index (χ1n) is 3.81. The maximum absolute atomic E-state index is 11.0. The summed E-state index contributed by atoms with van der Waals surface area (Å²) in [6.07, 6.45) is 0.384. The van der Waals surface area contributed by atoms with Gasteiger partial charge in [0.05, 0.1) is 6.61 Å². The Labute approximate surface area is 70.7 Å². The molecule has 5 heteroatoms. The summed E-state index contributed by atoms with van der Waals surface area (Å²) in [6, 6.07) is -0.316. The van der Waals surface area contributed by atoms with Crippen molar-refractivity contribution in [3.63, 3.8) is 0 Å². The Morgan fingerprint density at radius 3 is 2.92 bits per heavy atom. The normalized spacial score (nSPS) is 17.9. The van der Waals surface area contributed by atoms with Crippen molar-refractivity contribution in [2.75, 3.05) is 26.8 Å². The molecule has 1 aliphatic heterocycles. The zero-order valence-corrected chi connectivity index (χ0v) is 7.00. The van der Waals surface area contributed by atoms with Crippen LogP contribution in [0.4, 0.5) is 4.79 Å². The molecule has 3 amide bonds. The second kappa shape index (κ2) is 4.06. The van der Waals surface area contributed by atoms with Crippen LogP contribution in [-0.2, 0) is 9.53 Å². The first kappa shape index (κ1) is 8.99. The number of hydrogen-bond acceptors (Lipinski definition) is 3. The fourth-order valence-electron chi connectivity index (χ4n) is 1.01. The highest BCUT2D eigenvalue weighted by atomic mass is 16.5. The predicted octanol–water partition coefficient (Wildman–Crippen LogP) is -0.425. The number of methoxy groups -OCH3 is 1. The minimum absolute atomic E-state index is 0.200. The smallest absolute Gasteiger partial charge is 0.324 e. The Morgan fingerprint density at radius 1 is 1.58 bits per heavy atom. The van der Waals surface area contributed by atoms with Gasteiger partial charge in [0.1, 0.15) is 0 Å². The van der Waals surface area contributed by atoms with E-state index in [1.54, 1.807) is 12.0 Å². The van der Waals surface area contributed by atoms with Crippen molar-refractivity contribution in [1.82, 2.24) is 10.2 Å². The summed E-state index contributed by atoms with van der Waals surface area (Å²) in [4.78, 5) is 23.3. The standard InChI is InChI=1S/C7H12N2O3/c1-12-5-4-9-3-2-6(10)8-7(9)11/h2-5H2,1H3,(H,8,10,11). The Kier molecular flexibility index (Phi) is 3.04. The minimum Gasteiger partial charge on any atom is -0.383 e. The Balaban J connectivity index is 2.35. The molecule has 0 aromatic carbocycles. The topological polar surface area (TPSA) is 58.6 Å². The van der Waals surface area contributed by atoms with Crippen molar-refractivity contribution in [2.24, 2.45) is 0 Å². The highest BCUT2D eigenvalue weighted by molar-refractivity contribution is 5.96. The molecule has 0 unspecified atom stereocenters. The van der Waals surface area contributed by atoms with E-state index in [-0.39, 0.29) is 11.9 Å². The van der Waals surface area contributed by atoms with Crippen molar-refractivity contribution in [3.8, 4) is 0 Å². The summed E-state index contributed by atoms with van der Waals surface area (Å²) < 4.78 is 4.81. The number of imide groups is 1. The first-order chi connectivity index (χ1) is 5.74. The van der Waals surface area contributed by atoms with E-state index in [0.717, 1.165) is 0 Å². The van der Waals surface area contributed by atoms with Crippen LogP contribution in [0.5, 0.6) is 0 Å². The van der Waals surface area contributed by atoms with Gasteiger partial charge in [-0.3, -0.25) is 10.1 Å². The van der Waals surface area contributed by atoms with Crippen LogP contribution in [0.25, 0.3) is 0 Å². The molecule has 1 saturated heterocycles. The van der Waals surface area contributed by atoms with E-state index in [2.05, 4.69) is 5.32 Å². The lowest BCUT2D eigenvalue weighted by molar-refractivity contribution is -0.121. The van der Waals surface area contributed by atoms with Crippen molar-refractivity contribution < 1.29 is 14.3 Å². The van der Waals surface area contributed by atoms with Crippen LogP contribution in [0.15, 0.2) is 0 Å². The van der Waals surface area contributed by atoms with Crippen LogP contribution in [-0.4, -0.2) is 43.6 Å². The molecule has 1 fully saturated rings. The highest BCUT2D eigenvalue weighted by Gasteiger charge is 2.21. The summed E-state index contributed by atoms with van der Waals surface area (Å²) in [5, 5.41) is 2.23. The van der Waals surface area contributed by atoms with Gasteiger partial charge in [0.15, 0.2) is 0 Å². The van der Waals surface area contributed by atoms with Crippen molar-refractivity contribution in [1.29, 1.82) is 0 Å². The highest BCUT2D eigenvalue weighted by Crippen LogP contribution is 1.99. The molecule has 1 rings (SSSR count). The Bertz CT molecular complexity index is 193. The van der Waals surface area contributed by atoms with Crippen LogP contribution in [0.2, 0.25) is 0 Å². The third kappa shape index (κ3) is 2.20. The van der Waals surface area contributed by atoms with Crippen LogP contribution in [0.1, 0.15) is 6.42 Å². The first-order valence-corrected chi connectivity index (χ1v) is 3.81. The maximum Gasteiger partial charge on any atom is 0.324 e. The number of carbonyl (C=O) groups excluding carboxylic acids is 2. The third-order valence-electron chi connectivity index (χ3n) is 1.71. The molecule has 0 saturated carbocycles.